The van der Waals surface area contributed by atoms with E-state index in [-0.39, 0.29) is 17.9 Å². The minimum Gasteiger partial charge on any atom is -0.352 e. The van der Waals surface area contributed by atoms with Crippen molar-refractivity contribution in [3.05, 3.63) is 62.5 Å². The SMILES string of the molecule is CCN(CC)Cc1cccc(CNC(=O)CCn2cnc3sc4c(c3c2=O)CCCC4)c1. The number of rotatable bonds is 9. The van der Waals surface area contributed by atoms with Gasteiger partial charge in [0.15, 0.2) is 0 Å². The molecule has 1 amide bonds. The fraction of sp³-hybridized carbons (Fsp3) is 0.480. The van der Waals surface area contributed by atoms with Crippen molar-refractivity contribution in [2.24, 2.45) is 0 Å². The zero-order chi connectivity index (χ0) is 22.5. The molecule has 2 heterocycles. The molecule has 1 aliphatic carbocycles. The van der Waals surface area contributed by atoms with Crippen LogP contribution in [0.4, 0.5) is 0 Å². The summed E-state index contributed by atoms with van der Waals surface area (Å²) in [5.74, 6) is -0.0570. The van der Waals surface area contributed by atoms with Gasteiger partial charge in [-0.2, -0.15) is 0 Å². The average Bonchev–Trinajstić information content (AvgIpc) is 3.20. The van der Waals surface area contributed by atoms with Crippen molar-refractivity contribution < 1.29 is 4.79 Å². The normalized spacial score (nSPS) is 13.5. The predicted octanol–water partition coefficient (Wildman–Crippen LogP) is 3.89. The molecule has 1 aromatic carbocycles. The van der Waals surface area contributed by atoms with Crippen molar-refractivity contribution in [2.75, 3.05) is 13.1 Å². The molecule has 6 nitrogen and oxygen atoms in total. The van der Waals surface area contributed by atoms with Gasteiger partial charge >= 0.3 is 0 Å². The molecule has 32 heavy (non-hydrogen) atoms. The third-order valence-electron chi connectivity index (χ3n) is 6.30. The van der Waals surface area contributed by atoms with E-state index in [1.165, 1.54) is 22.4 Å². The number of nitrogens with zero attached hydrogens (tertiary/aromatic N) is 3. The van der Waals surface area contributed by atoms with Gasteiger partial charge < -0.3 is 5.32 Å². The van der Waals surface area contributed by atoms with Gasteiger partial charge in [-0.15, -0.1) is 11.3 Å². The molecule has 0 atom stereocenters. The molecule has 0 spiro atoms. The number of carbonyl (C=O) groups excluding carboxylic acids is 1. The van der Waals surface area contributed by atoms with Gasteiger partial charge in [-0.3, -0.25) is 19.1 Å². The third-order valence-corrected chi connectivity index (χ3v) is 7.50. The van der Waals surface area contributed by atoms with Crippen molar-refractivity contribution in [3.63, 3.8) is 0 Å². The summed E-state index contributed by atoms with van der Waals surface area (Å²) in [6, 6.07) is 8.36. The number of benzene rings is 1. The number of fused-ring (bicyclic) bond motifs is 3. The van der Waals surface area contributed by atoms with Gasteiger partial charge in [-0.05, 0) is 55.5 Å². The second-order valence-electron chi connectivity index (χ2n) is 8.44. The van der Waals surface area contributed by atoms with Crippen molar-refractivity contribution in [3.8, 4) is 0 Å². The number of aromatic nitrogens is 2. The Bertz CT molecular complexity index is 1150. The summed E-state index contributed by atoms with van der Waals surface area (Å²) in [7, 11) is 0. The zero-order valence-corrected chi connectivity index (χ0v) is 19.8. The van der Waals surface area contributed by atoms with E-state index < -0.39 is 0 Å². The number of nitrogens with one attached hydrogen (secondary N) is 1. The highest BCUT2D eigenvalue weighted by molar-refractivity contribution is 7.18. The van der Waals surface area contributed by atoms with Crippen molar-refractivity contribution in [1.29, 1.82) is 0 Å². The van der Waals surface area contributed by atoms with Crippen LogP contribution in [-0.2, 0) is 37.3 Å². The Labute approximate surface area is 193 Å². The first-order chi connectivity index (χ1) is 15.6. The minimum absolute atomic E-state index is 0.00805. The first-order valence-corrected chi connectivity index (χ1v) is 12.5. The van der Waals surface area contributed by atoms with E-state index in [1.54, 1.807) is 22.2 Å². The smallest absolute Gasteiger partial charge is 0.262 e. The van der Waals surface area contributed by atoms with Crippen molar-refractivity contribution in [1.82, 2.24) is 19.8 Å². The average molecular weight is 453 g/mol. The number of aryl methyl sites for hydroxylation is 3. The highest BCUT2D eigenvalue weighted by atomic mass is 32.1. The second-order valence-corrected chi connectivity index (χ2v) is 9.53. The van der Waals surface area contributed by atoms with Crippen LogP contribution in [0, 0.1) is 0 Å². The van der Waals surface area contributed by atoms with Gasteiger partial charge in [0, 0.05) is 30.9 Å². The maximum atomic E-state index is 13.0. The van der Waals surface area contributed by atoms with E-state index in [9.17, 15) is 9.59 Å². The highest BCUT2D eigenvalue weighted by Gasteiger charge is 2.20. The van der Waals surface area contributed by atoms with E-state index in [2.05, 4.69) is 41.2 Å². The zero-order valence-electron chi connectivity index (χ0n) is 19.0. The Morgan fingerprint density at radius 2 is 1.97 bits per heavy atom. The fourth-order valence-corrected chi connectivity index (χ4v) is 5.61. The van der Waals surface area contributed by atoms with E-state index in [4.69, 9.17) is 0 Å². The van der Waals surface area contributed by atoms with E-state index >= 15 is 0 Å². The van der Waals surface area contributed by atoms with Gasteiger partial charge in [0.05, 0.1) is 11.7 Å². The van der Waals surface area contributed by atoms with Gasteiger partial charge in [-0.1, -0.05) is 38.1 Å². The maximum Gasteiger partial charge on any atom is 0.262 e. The summed E-state index contributed by atoms with van der Waals surface area (Å²) < 4.78 is 1.59. The van der Waals surface area contributed by atoms with Gasteiger partial charge in [0.2, 0.25) is 5.91 Å². The van der Waals surface area contributed by atoms with Crippen LogP contribution < -0.4 is 10.9 Å². The van der Waals surface area contributed by atoms with Crippen LogP contribution in [0.3, 0.4) is 0 Å². The Morgan fingerprint density at radius 3 is 2.78 bits per heavy atom. The maximum absolute atomic E-state index is 13.0. The molecule has 1 N–H and O–H groups in total. The Balaban J connectivity index is 1.35. The molecule has 0 bridgehead atoms. The predicted molar refractivity (Wildman–Crippen MR) is 130 cm³/mol. The number of amides is 1. The fourth-order valence-electron chi connectivity index (χ4n) is 4.39. The number of carbonyl (C=O) groups is 1. The van der Waals surface area contributed by atoms with Crippen LogP contribution >= 0.6 is 11.3 Å². The lowest BCUT2D eigenvalue weighted by Crippen LogP contribution is -2.27. The molecule has 0 aliphatic heterocycles. The molecule has 0 unspecified atom stereocenters. The van der Waals surface area contributed by atoms with Crippen LogP contribution in [0.25, 0.3) is 10.2 Å². The lowest BCUT2D eigenvalue weighted by Gasteiger charge is -2.18. The standard InChI is InChI=1S/C25H32N4O2S/c1-3-28(4-2)16-19-9-7-8-18(14-19)15-26-22(30)12-13-29-17-27-24-23(25(29)31)20-10-5-6-11-21(20)32-24/h7-9,14,17H,3-6,10-13,15-16H2,1-2H3,(H,26,30). The summed E-state index contributed by atoms with van der Waals surface area (Å²) in [5.41, 5.74) is 3.53. The van der Waals surface area contributed by atoms with Crippen molar-refractivity contribution in [2.45, 2.75) is 65.6 Å². The summed E-state index contributed by atoms with van der Waals surface area (Å²) in [5, 5.41) is 3.77. The first kappa shape index (κ1) is 22.7. The largest absolute Gasteiger partial charge is 0.352 e. The molecule has 2 aromatic heterocycles. The Kier molecular flexibility index (Phi) is 7.37. The number of hydrogen-bond donors (Lipinski definition) is 1. The van der Waals surface area contributed by atoms with Crippen LogP contribution in [0.2, 0.25) is 0 Å². The molecule has 0 saturated carbocycles. The number of hydrogen-bond acceptors (Lipinski definition) is 5. The monoisotopic (exact) mass is 452 g/mol. The molecule has 3 aromatic rings. The van der Waals surface area contributed by atoms with Crippen LogP contribution in [0.15, 0.2) is 35.4 Å². The van der Waals surface area contributed by atoms with E-state index in [0.717, 1.165) is 54.7 Å². The first-order valence-electron chi connectivity index (χ1n) is 11.7. The van der Waals surface area contributed by atoms with Gasteiger partial charge in [0.1, 0.15) is 4.83 Å². The molecule has 7 heteroatoms. The Morgan fingerprint density at radius 1 is 1.19 bits per heavy atom. The van der Waals surface area contributed by atoms with Crippen LogP contribution in [0.5, 0.6) is 0 Å². The number of thiophene rings is 1. The molecule has 170 valence electrons. The molecule has 0 fully saturated rings. The summed E-state index contributed by atoms with van der Waals surface area (Å²) in [4.78, 5) is 34.5. The van der Waals surface area contributed by atoms with Crippen LogP contribution in [0.1, 0.15) is 54.7 Å². The quantitative estimate of drug-likeness (QED) is 0.535. The summed E-state index contributed by atoms with van der Waals surface area (Å²) >= 11 is 1.65. The molecule has 0 radical (unpaired) electrons. The molecule has 0 saturated heterocycles. The van der Waals surface area contributed by atoms with Gasteiger partial charge in [-0.25, -0.2) is 4.98 Å². The summed E-state index contributed by atoms with van der Waals surface area (Å²) in [6.07, 6.45) is 6.19. The summed E-state index contributed by atoms with van der Waals surface area (Å²) in [6.45, 7) is 8.13. The lowest BCUT2D eigenvalue weighted by atomic mass is 9.97. The van der Waals surface area contributed by atoms with Crippen molar-refractivity contribution >= 4 is 27.5 Å². The third kappa shape index (κ3) is 5.10. The highest BCUT2D eigenvalue weighted by Crippen LogP contribution is 2.33. The minimum atomic E-state index is -0.0570. The van der Waals surface area contributed by atoms with Crippen LogP contribution in [-0.4, -0.2) is 33.4 Å². The molecule has 1 aliphatic rings. The van der Waals surface area contributed by atoms with Gasteiger partial charge in [0.25, 0.3) is 5.56 Å². The topological polar surface area (TPSA) is 67.2 Å². The lowest BCUT2D eigenvalue weighted by molar-refractivity contribution is -0.121. The molecule has 4 rings (SSSR count). The molecular formula is C25H32N4O2S. The van der Waals surface area contributed by atoms with E-state index in [0.29, 0.717) is 13.1 Å². The molecular weight excluding hydrogens is 420 g/mol. The Hall–Kier alpha value is -2.51. The van der Waals surface area contributed by atoms with E-state index in [1.807, 2.05) is 12.1 Å². The second kappa shape index (κ2) is 10.4.